The van der Waals surface area contributed by atoms with Crippen LogP contribution in [-0.2, 0) is 4.74 Å². The zero-order valence-corrected chi connectivity index (χ0v) is 17.0. The fourth-order valence-electron chi connectivity index (χ4n) is 1.83. The second kappa shape index (κ2) is 9.00. The highest BCUT2D eigenvalue weighted by atomic mass is 35.5. The number of alkyl halides is 26. The largest absolute Gasteiger partial charge is 0.464 e. The lowest BCUT2D eigenvalue weighted by molar-refractivity contribution is -0.496. The molecule has 0 radical (unpaired) electrons. The summed E-state index contributed by atoms with van der Waals surface area (Å²) in [5.74, 6) is -73.7. The molecule has 0 bridgehead atoms. The Balaban J connectivity index is 7.11. The number of hydrogen-bond acceptors (Lipinski definition) is 1. The van der Waals surface area contributed by atoms with Crippen LogP contribution in [0, 0.1) is 0 Å². The van der Waals surface area contributed by atoms with Gasteiger partial charge in [0.15, 0.2) is 0 Å². The maximum atomic E-state index is 13.4. The van der Waals surface area contributed by atoms with Gasteiger partial charge < -0.3 is 0 Å². The fraction of sp³-hybridized carbons (Fsp3) is 1.00. The molecule has 1 atom stereocenters. The van der Waals surface area contributed by atoms with Crippen molar-refractivity contribution >= 4 is 11.6 Å². The average molecular weight is 671 g/mol. The minimum atomic E-state index is -9.52. The predicted octanol–water partition coefficient (Wildman–Crippen LogP) is 8.66. The third-order valence-electron chi connectivity index (χ3n) is 4.07. The van der Waals surface area contributed by atoms with Crippen LogP contribution in [0.1, 0.15) is 0 Å². The van der Waals surface area contributed by atoms with Crippen LogP contribution in [-0.4, -0.2) is 71.2 Å². The topological polar surface area (TPSA) is 9.23 Å². The van der Waals surface area contributed by atoms with Crippen LogP contribution in [0.5, 0.6) is 0 Å². The van der Waals surface area contributed by atoms with Gasteiger partial charge in [-0.05, 0) is 11.6 Å². The van der Waals surface area contributed by atoms with Crippen molar-refractivity contribution in [3.8, 4) is 0 Å². The molecule has 1 unspecified atom stereocenters. The first-order chi connectivity index (χ1) is 16.2. The summed E-state index contributed by atoms with van der Waals surface area (Å²) in [5, 5.41) is -6.84. The molecule has 39 heavy (non-hydrogen) atoms. The van der Waals surface area contributed by atoms with Crippen LogP contribution in [0.4, 0.5) is 110 Å². The van der Waals surface area contributed by atoms with Crippen LogP contribution in [0.25, 0.3) is 0 Å². The normalized spacial score (nSPS) is 18.3. The van der Waals surface area contributed by atoms with Gasteiger partial charge in [0.05, 0.1) is 0 Å². The molecule has 236 valence electrons. The minimum absolute atomic E-state index is 1.29. The molecule has 0 aliphatic rings. The standard InChI is InChI=1S/C12ClF25O/c13-9(30,11(34,35)36)39-12(37,38)8(28,29)6(24,25)4(20,21)2(16,17)1(14,15)3(18,19)5(22,23)7(26,27)10(31,32)33. The van der Waals surface area contributed by atoms with Crippen molar-refractivity contribution in [3.63, 3.8) is 0 Å². The van der Waals surface area contributed by atoms with Gasteiger partial charge in [0.1, 0.15) is 0 Å². The van der Waals surface area contributed by atoms with Crippen LogP contribution in [0.15, 0.2) is 0 Å². The molecule has 1 nitrogen and oxygen atoms in total. The highest BCUT2D eigenvalue weighted by molar-refractivity contribution is 6.22. The van der Waals surface area contributed by atoms with Crippen LogP contribution in [0.3, 0.4) is 0 Å². The molecule has 0 rings (SSSR count). The van der Waals surface area contributed by atoms with E-state index in [-0.39, 0.29) is 0 Å². The van der Waals surface area contributed by atoms with Crippen molar-refractivity contribution in [1.29, 1.82) is 0 Å². The van der Waals surface area contributed by atoms with Crippen molar-refractivity contribution in [1.82, 2.24) is 0 Å². The Morgan fingerprint density at radius 2 is 0.487 bits per heavy atom. The van der Waals surface area contributed by atoms with Crippen molar-refractivity contribution in [2.45, 2.75) is 71.2 Å². The van der Waals surface area contributed by atoms with E-state index in [2.05, 4.69) is 11.6 Å². The van der Waals surface area contributed by atoms with Crippen molar-refractivity contribution in [2.75, 3.05) is 0 Å². The molecule has 0 fully saturated rings. The third-order valence-corrected chi connectivity index (χ3v) is 4.36. The Bertz CT molecular complexity index is 892. The molecule has 0 aliphatic carbocycles. The molecular formula is C12ClF25O. The van der Waals surface area contributed by atoms with E-state index in [9.17, 15) is 110 Å². The van der Waals surface area contributed by atoms with Gasteiger partial charge >= 0.3 is 71.2 Å². The molecule has 27 heteroatoms. The van der Waals surface area contributed by atoms with E-state index in [1.54, 1.807) is 0 Å². The first kappa shape index (κ1) is 37.5. The highest BCUT2D eigenvalue weighted by Crippen LogP contribution is 2.66. The van der Waals surface area contributed by atoms with E-state index < -0.39 is 71.2 Å². The van der Waals surface area contributed by atoms with Crippen LogP contribution < -0.4 is 0 Å². The molecule has 0 saturated carbocycles. The van der Waals surface area contributed by atoms with Gasteiger partial charge in [-0.2, -0.15) is 110 Å². The van der Waals surface area contributed by atoms with E-state index in [1.807, 2.05) is 0 Å². The number of ether oxygens (including phenoxy) is 1. The molecular weight excluding hydrogens is 671 g/mol. The quantitative estimate of drug-likeness (QED) is 0.167. The third kappa shape index (κ3) is 4.86. The SMILES string of the molecule is FC(F)(F)C(F)(Cl)OC(F)(F)C(F)(F)C(F)(F)C(F)(F)C(F)(F)C(F)(F)C(F)(F)C(F)(F)C(F)(F)C(F)(F)F. The summed E-state index contributed by atoms with van der Waals surface area (Å²) in [6.07, 6.45) is -23.7. The summed E-state index contributed by atoms with van der Waals surface area (Å²) in [7, 11) is 0. The van der Waals surface area contributed by atoms with Crippen molar-refractivity contribution in [2.24, 2.45) is 0 Å². The number of halogens is 26. The first-order valence-corrected chi connectivity index (χ1v) is 8.20. The van der Waals surface area contributed by atoms with E-state index in [1.165, 1.54) is 4.74 Å². The molecule has 0 saturated heterocycles. The Morgan fingerprint density at radius 3 is 0.692 bits per heavy atom. The molecule has 0 heterocycles. The van der Waals surface area contributed by atoms with Crippen LogP contribution in [0.2, 0.25) is 0 Å². The second-order valence-electron chi connectivity index (χ2n) is 6.73. The summed E-state index contributed by atoms with van der Waals surface area (Å²) in [6, 6.07) is 0. The van der Waals surface area contributed by atoms with Gasteiger partial charge in [-0.1, -0.05) is 0 Å². The van der Waals surface area contributed by atoms with Crippen molar-refractivity contribution < 1.29 is 114 Å². The summed E-state index contributed by atoms with van der Waals surface area (Å²) < 4.78 is 323. The van der Waals surface area contributed by atoms with E-state index >= 15 is 0 Å². The maximum absolute atomic E-state index is 13.4. The van der Waals surface area contributed by atoms with Gasteiger partial charge in [0, 0.05) is 0 Å². The van der Waals surface area contributed by atoms with Gasteiger partial charge in [0.2, 0.25) is 0 Å². The second-order valence-corrected chi connectivity index (χ2v) is 7.21. The Kier molecular flexibility index (Phi) is 8.65. The van der Waals surface area contributed by atoms with Gasteiger partial charge in [-0.15, -0.1) is 0 Å². The van der Waals surface area contributed by atoms with Gasteiger partial charge in [-0.25, -0.2) is 0 Å². The number of rotatable bonds is 10. The van der Waals surface area contributed by atoms with E-state index in [4.69, 9.17) is 0 Å². The molecule has 0 aromatic rings. The summed E-state index contributed by atoms with van der Waals surface area (Å²) in [6.45, 7) is 0. The maximum Gasteiger partial charge on any atom is 0.464 e. The summed E-state index contributed by atoms with van der Waals surface area (Å²) >= 11 is 3.45. The summed E-state index contributed by atoms with van der Waals surface area (Å²) in [5.41, 5.74) is 0. The predicted molar refractivity (Wildman–Crippen MR) is 67.4 cm³/mol. The molecule has 0 N–H and O–H groups in total. The van der Waals surface area contributed by atoms with Gasteiger partial charge in [-0.3, -0.25) is 4.74 Å². The zero-order valence-electron chi connectivity index (χ0n) is 16.2. The molecule has 0 aromatic carbocycles. The van der Waals surface area contributed by atoms with E-state index in [0.29, 0.717) is 0 Å². The smallest absolute Gasteiger partial charge is 0.257 e. The monoisotopic (exact) mass is 670 g/mol. The summed E-state index contributed by atoms with van der Waals surface area (Å²) in [4.78, 5) is 0. The molecule has 0 aliphatic heterocycles. The fourth-order valence-corrected chi connectivity index (χ4v) is 1.92. The van der Waals surface area contributed by atoms with Gasteiger partial charge in [0.25, 0.3) is 0 Å². The lowest BCUT2D eigenvalue weighted by Gasteiger charge is -2.44. The highest BCUT2D eigenvalue weighted by Gasteiger charge is 2.98. The zero-order chi connectivity index (χ0) is 32.7. The van der Waals surface area contributed by atoms with Crippen LogP contribution >= 0.6 is 11.6 Å². The Labute approximate surface area is 198 Å². The van der Waals surface area contributed by atoms with E-state index in [0.717, 1.165) is 0 Å². The Morgan fingerprint density at radius 1 is 0.282 bits per heavy atom. The molecule has 0 aromatic heterocycles. The van der Waals surface area contributed by atoms with Crippen molar-refractivity contribution in [3.05, 3.63) is 0 Å². The molecule has 0 spiro atoms. The lowest BCUT2D eigenvalue weighted by Crippen LogP contribution is -2.77. The Hall–Kier alpha value is -1.50. The minimum Gasteiger partial charge on any atom is -0.257 e. The average Bonchev–Trinajstić information content (AvgIpc) is 2.63. The molecule has 0 amide bonds. The first-order valence-electron chi connectivity index (χ1n) is 7.82. The lowest BCUT2D eigenvalue weighted by atomic mass is 9.87. The number of hydrogen-bond donors (Lipinski definition) is 0.